The van der Waals surface area contributed by atoms with Gasteiger partial charge in [-0.25, -0.2) is 0 Å². The molecule has 48 heavy (non-hydrogen) atoms. The van der Waals surface area contributed by atoms with Crippen LogP contribution in [0.5, 0.6) is 0 Å². The standard InChI is InChI=1S/C46H80N2/c1-5-7-9-11-13-15-17-19-21-23-25-27-29-37-47(3)41-43-33-31-35-45(39-43)46-36-32-34-44(40-46)42-48(4)38-30-28-26-24-22-20-18-16-14-12-10-8-6-2/h31-36,39-40H,5-30,37-38,41-42H2,1-4H3. The van der Waals surface area contributed by atoms with Crippen LogP contribution in [0.1, 0.15) is 192 Å². The fourth-order valence-electron chi connectivity index (χ4n) is 7.28. The number of hydrogen-bond acceptors (Lipinski definition) is 2. The first-order valence-electron chi connectivity index (χ1n) is 21.2. The molecule has 2 heteroatoms. The molecule has 0 aliphatic heterocycles. The Kier molecular flexibility index (Phi) is 26.8. The van der Waals surface area contributed by atoms with Gasteiger partial charge in [-0.3, -0.25) is 0 Å². The Hall–Kier alpha value is -1.64. The zero-order valence-corrected chi connectivity index (χ0v) is 32.7. The number of unbranched alkanes of at least 4 members (excludes halogenated alkanes) is 24. The van der Waals surface area contributed by atoms with Crippen molar-refractivity contribution in [3.05, 3.63) is 59.7 Å². The third kappa shape index (κ3) is 22.9. The normalized spacial score (nSPS) is 11.7. The van der Waals surface area contributed by atoms with Gasteiger partial charge in [0.15, 0.2) is 0 Å². The minimum absolute atomic E-state index is 1.04. The van der Waals surface area contributed by atoms with E-state index < -0.39 is 0 Å². The SMILES string of the molecule is CCCCCCCCCCCCCCCN(C)Cc1cccc(-c2cccc(CN(C)CCCCCCCCCCCCCCC)c2)c1. The summed E-state index contributed by atoms with van der Waals surface area (Å²) in [6.07, 6.45) is 36.9. The van der Waals surface area contributed by atoms with Crippen LogP contribution < -0.4 is 0 Å². The zero-order chi connectivity index (χ0) is 34.3. The second kappa shape index (κ2) is 30.2. The quantitative estimate of drug-likeness (QED) is 0.0703. The summed E-state index contributed by atoms with van der Waals surface area (Å²) in [4.78, 5) is 5.03. The second-order valence-corrected chi connectivity index (χ2v) is 15.4. The first kappa shape index (κ1) is 42.5. The summed E-state index contributed by atoms with van der Waals surface area (Å²) in [5.41, 5.74) is 5.55. The lowest BCUT2D eigenvalue weighted by Gasteiger charge is -2.18. The van der Waals surface area contributed by atoms with E-state index in [-0.39, 0.29) is 0 Å². The predicted octanol–water partition coefficient (Wildman–Crippen LogP) is 14.4. The Balaban J connectivity index is 1.56. The molecule has 0 atom stereocenters. The van der Waals surface area contributed by atoms with Gasteiger partial charge in [0.25, 0.3) is 0 Å². The summed E-state index contributed by atoms with van der Waals surface area (Å²) >= 11 is 0. The number of nitrogens with zero attached hydrogens (tertiary/aromatic N) is 2. The van der Waals surface area contributed by atoms with E-state index in [0.717, 1.165) is 13.1 Å². The highest BCUT2D eigenvalue weighted by atomic mass is 15.1. The van der Waals surface area contributed by atoms with Gasteiger partial charge in [-0.05, 0) is 74.4 Å². The summed E-state index contributed by atoms with van der Waals surface area (Å²) in [7, 11) is 4.59. The van der Waals surface area contributed by atoms with Crippen molar-refractivity contribution < 1.29 is 0 Å². The van der Waals surface area contributed by atoms with Gasteiger partial charge in [0.05, 0.1) is 0 Å². The smallest absolute Gasteiger partial charge is 0.0230 e. The lowest BCUT2D eigenvalue weighted by atomic mass is 10.0. The van der Waals surface area contributed by atoms with Crippen molar-refractivity contribution in [2.24, 2.45) is 0 Å². The highest BCUT2D eigenvalue weighted by molar-refractivity contribution is 5.65. The molecule has 0 fully saturated rings. The van der Waals surface area contributed by atoms with Crippen molar-refractivity contribution in [1.29, 1.82) is 0 Å². The molecule has 0 bridgehead atoms. The molecular formula is C46H80N2. The van der Waals surface area contributed by atoms with E-state index in [0.29, 0.717) is 0 Å². The lowest BCUT2D eigenvalue weighted by molar-refractivity contribution is 0.316. The van der Waals surface area contributed by atoms with Crippen LogP contribution in [-0.4, -0.2) is 37.0 Å². The summed E-state index contributed by atoms with van der Waals surface area (Å²) in [6.45, 7) is 9.07. The molecule has 0 radical (unpaired) electrons. The predicted molar refractivity (Wildman–Crippen MR) is 216 cm³/mol. The van der Waals surface area contributed by atoms with E-state index in [1.807, 2.05) is 0 Å². The van der Waals surface area contributed by atoms with E-state index in [1.54, 1.807) is 0 Å². The van der Waals surface area contributed by atoms with Crippen molar-refractivity contribution in [2.75, 3.05) is 27.2 Å². The highest BCUT2D eigenvalue weighted by Gasteiger charge is 2.06. The Labute approximate surface area is 300 Å². The van der Waals surface area contributed by atoms with Gasteiger partial charge in [-0.2, -0.15) is 0 Å². The van der Waals surface area contributed by atoms with Crippen LogP contribution in [0.15, 0.2) is 48.5 Å². The molecule has 0 spiro atoms. The van der Waals surface area contributed by atoms with E-state index >= 15 is 0 Å². The fourth-order valence-corrected chi connectivity index (χ4v) is 7.28. The minimum Gasteiger partial charge on any atom is -0.302 e. The second-order valence-electron chi connectivity index (χ2n) is 15.4. The molecule has 0 aliphatic rings. The first-order chi connectivity index (χ1) is 23.6. The average molecular weight is 661 g/mol. The Morgan fingerprint density at radius 2 is 0.625 bits per heavy atom. The maximum atomic E-state index is 2.51. The van der Waals surface area contributed by atoms with Crippen LogP contribution in [0.25, 0.3) is 11.1 Å². The molecule has 0 N–H and O–H groups in total. The van der Waals surface area contributed by atoms with Crippen molar-refractivity contribution in [3.8, 4) is 11.1 Å². The van der Waals surface area contributed by atoms with Crippen molar-refractivity contribution in [2.45, 2.75) is 194 Å². The zero-order valence-electron chi connectivity index (χ0n) is 32.7. The summed E-state index contributed by atoms with van der Waals surface area (Å²) in [6, 6.07) is 18.5. The molecule has 0 unspecified atom stereocenters. The van der Waals surface area contributed by atoms with Crippen molar-refractivity contribution in [3.63, 3.8) is 0 Å². The highest BCUT2D eigenvalue weighted by Crippen LogP contribution is 2.23. The Bertz CT molecular complexity index is 904. The molecule has 2 rings (SSSR count). The monoisotopic (exact) mass is 661 g/mol. The van der Waals surface area contributed by atoms with Crippen molar-refractivity contribution in [1.82, 2.24) is 9.80 Å². The number of rotatable bonds is 33. The topological polar surface area (TPSA) is 6.48 Å². The fraction of sp³-hybridized carbons (Fsp3) is 0.739. The lowest BCUT2D eigenvalue weighted by Crippen LogP contribution is -2.19. The van der Waals surface area contributed by atoms with E-state index in [4.69, 9.17) is 0 Å². The van der Waals surface area contributed by atoms with Crippen molar-refractivity contribution >= 4 is 0 Å². The Morgan fingerprint density at radius 3 is 0.917 bits per heavy atom. The van der Waals surface area contributed by atoms with Gasteiger partial charge in [0.2, 0.25) is 0 Å². The van der Waals surface area contributed by atoms with E-state index in [9.17, 15) is 0 Å². The maximum absolute atomic E-state index is 2.51. The molecule has 2 aromatic carbocycles. The van der Waals surface area contributed by atoms with Crippen LogP contribution in [0.2, 0.25) is 0 Å². The third-order valence-corrected chi connectivity index (χ3v) is 10.4. The van der Waals surface area contributed by atoms with E-state index in [2.05, 4.69) is 86.3 Å². The molecule has 0 saturated carbocycles. The average Bonchev–Trinajstić information content (AvgIpc) is 3.09. The van der Waals surface area contributed by atoms with Gasteiger partial charge >= 0.3 is 0 Å². The molecule has 2 nitrogen and oxygen atoms in total. The minimum atomic E-state index is 1.04. The summed E-state index contributed by atoms with van der Waals surface area (Å²) in [5.74, 6) is 0. The molecule has 0 aromatic heterocycles. The summed E-state index contributed by atoms with van der Waals surface area (Å²) < 4.78 is 0. The van der Waals surface area contributed by atoms with Crippen LogP contribution in [0.3, 0.4) is 0 Å². The van der Waals surface area contributed by atoms with Crippen LogP contribution in [0, 0.1) is 0 Å². The van der Waals surface area contributed by atoms with Crippen LogP contribution >= 0.6 is 0 Å². The maximum Gasteiger partial charge on any atom is 0.0230 e. The van der Waals surface area contributed by atoms with Gasteiger partial charge in [0, 0.05) is 13.1 Å². The van der Waals surface area contributed by atoms with Crippen LogP contribution in [0.4, 0.5) is 0 Å². The molecule has 0 aliphatic carbocycles. The molecule has 2 aromatic rings. The number of hydrogen-bond donors (Lipinski definition) is 0. The summed E-state index contributed by atoms with van der Waals surface area (Å²) in [5, 5.41) is 0. The van der Waals surface area contributed by atoms with Gasteiger partial charge in [0.1, 0.15) is 0 Å². The molecule has 274 valence electrons. The first-order valence-corrected chi connectivity index (χ1v) is 21.2. The van der Waals surface area contributed by atoms with E-state index in [1.165, 1.54) is 202 Å². The third-order valence-electron chi connectivity index (χ3n) is 10.4. The van der Waals surface area contributed by atoms with Gasteiger partial charge in [-0.1, -0.05) is 204 Å². The van der Waals surface area contributed by atoms with Crippen LogP contribution in [-0.2, 0) is 13.1 Å². The number of benzene rings is 2. The molecule has 0 saturated heterocycles. The van der Waals surface area contributed by atoms with Gasteiger partial charge in [-0.15, -0.1) is 0 Å². The van der Waals surface area contributed by atoms with Gasteiger partial charge < -0.3 is 9.80 Å². The molecular weight excluding hydrogens is 581 g/mol. The molecule has 0 amide bonds. The largest absolute Gasteiger partial charge is 0.302 e. The molecule has 0 heterocycles. The Morgan fingerprint density at radius 1 is 0.354 bits per heavy atom.